The van der Waals surface area contributed by atoms with Gasteiger partial charge in [-0.05, 0) is 25.1 Å². The minimum Gasteiger partial charge on any atom is -0.486 e. The number of amides is 1. The number of allylic oxidation sites excluding steroid dienone is 1. The second-order valence-electron chi connectivity index (χ2n) is 6.50. The number of thioether (sulfide) groups is 1. The minimum absolute atomic E-state index is 0.0424. The Morgan fingerprint density at radius 2 is 2.06 bits per heavy atom. The normalized spacial score (nSPS) is 10.5. The van der Waals surface area contributed by atoms with Crippen molar-refractivity contribution in [1.29, 1.82) is 0 Å². The fourth-order valence-corrected chi connectivity index (χ4v) is 3.49. The van der Waals surface area contributed by atoms with Crippen LogP contribution in [0.2, 0.25) is 0 Å². The van der Waals surface area contributed by atoms with Crippen LogP contribution in [-0.2, 0) is 17.9 Å². The highest BCUT2D eigenvalue weighted by Crippen LogP contribution is 2.23. The molecule has 0 aliphatic heterocycles. The summed E-state index contributed by atoms with van der Waals surface area (Å²) in [6.45, 7) is 6.09. The van der Waals surface area contributed by atoms with Crippen LogP contribution in [0.3, 0.4) is 0 Å². The molecule has 31 heavy (non-hydrogen) atoms. The zero-order valence-electron chi connectivity index (χ0n) is 16.9. The SMILES string of the molecule is C=CCn1c(COc2ccccc2)nnc1SCC(=O)Nc1ccc(C)c([N+](=O)[O-])c1. The fraction of sp³-hybridized carbons (Fsp3) is 0.190. The number of aromatic nitrogens is 3. The predicted octanol–water partition coefficient (Wildman–Crippen LogP) is 3.99. The molecule has 1 N–H and O–H groups in total. The number of nitro benzene ring substituents is 1. The predicted molar refractivity (Wildman–Crippen MR) is 118 cm³/mol. The third-order valence-electron chi connectivity index (χ3n) is 4.24. The van der Waals surface area contributed by atoms with Gasteiger partial charge in [0.1, 0.15) is 12.4 Å². The first-order chi connectivity index (χ1) is 15.0. The van der Waals surface area contributed by atoms with E-state index in [0.29, 0.717) is 28.8 Å². The number of anilines is 1. The van der Waals surface area contributed by atoms with Crippen molar-refractivity contribution >= 4 is 29.0 Å². The van der Waals surface area contributed by atoms with Gasteiger partial charge in [-0.2, -0.15) is 0 Å². The highest BCUT2D eigenvalue weighted by atomic mass is 32.2. The molecule has 0 aliphatic rings. The molecule has 0 fully saturated rings. The third-order valence-corrected chi connectivity index (χ3v) is 5.20. The largest absolute Gasteiger partial charge is 0.486 e. The van der Waals surface area contributed by atoms with Gasteiger partial charge in [0, 0.05) is 23.9 Å². The van der Waals surface area contributed by atoms with E-state index >= 15 is 0 Å². The average molecular weight is 439 g/mol. The number of benzene rings is 2. The summed E-state index contributed by atoms with van der Waals surface area (Å²) in [6.07, 6.45) is 1.71. The standard InChI is InChI=1S/C21H21N5O4S/c1-3-11-25-19(13-30-17-7-5-4-6-8-17)23-24-21(25)31-14-20(27)22-16-10-9-15(2)18(12-16)26(28)29/h3-10,12H,1,11,13-14H2,2H3,(H,22,27). The molecule has 3 aromatic rings. The van der Waals surface area contributed by atoms with Crippen molar-refractivity contribution in [2.75, 3.05) is 11.1 Å². The first kappa shape index (κ1) is 22.0. The third kappa shape index (κ3) is 5.92. The molecule has 1 aromatic heterocycles. The number of nitro groups is 1. The molecule has 0 atom stereocenters. The summed E-state index contributed by atoms with van der Waals surface area (Å²) in [5.41, 5.74) is 0.854. The Balaban J connectivity index is 1.62. The summed E-state index contributed by atoms with van der Waals surface area (Å²) < 4.78 is 7.56. The van der Waals surface area contributed by atoms with Crippen LogP contribution in [0, 0.1) is 17.0 Å². The number of rotatable bonds is 10. The van der Waals surface area contributed by atoms with Gasteiger partial charge in [-0.25, -0.2) is 0 Å². The zero-order valence-corrected chi connectivity index (χ0v) is 17.7. The van der Waals surface area contributed by atoms with E-state index in [0.717, 1.165) is 5.75 Å². The lowest BCUT2D eigenvalue weighted by Crippen LogP contribution is -2.15. The van der Waals surface area contributed by atoms with Gasteiger partial charge < -0.3 is 10.1 Å². The number of aryl methyl sites for hydroxylation is 1. The van der Waals surface area contributed by atoms with E-state index in [2.05, 4.69) is 22.1 Å². The maximum Gasteiger partial charge on any atom is 0.274 e. The van der Waals surface area contributed by atoms with Gasteiger partial charge >= 0.3 is 0 Å². The fourth-order valence-electron chi connectivity index (χ4n) is 2.72. The summed E-state index contributed by atoms with van der Waals surface area (Å²) in [6, 6.07) is 13.9. The molecule has 2 aromatic carbocycles. The van der Waals surface area contributed by atoms with Crippen molar-refractivity contribution in [3.05, 3.63) is 82.7 Å². The van der Waals surface area contributed by atoms with Crippen LogP contribution in [-0.4, -0.2) is 31.3 Å². The molecule has 0 saturated heterocycles. The number of hydrogen-bond acceptors (Lipinski definition) is 7. The Hall–Kier alpha value is -3.66. The van der Waals surface area contributed by atoms with Gasteiger partial charge in [0.15, 0.2) is 11.0 Å². The molecule has 1 amide bonds. The lowest BCUT2D eigenvalue weighted by molar-refractivity contribution is -0.385. The molecule has 10 heteroatoms. The smallest absolute Gasteiger partial charge is 0.274 e. The summed E-state index contributed by atoms with van der Waals surface area (Å²) in [5.74, 6) is 1.09. The van der Waals surface area contributed by atoms with Crippen molar-refractivity contribution < 1.29 is 14.5 Å². The molecule has 9 nitrogen and oxygen atoms in total. The molecule has 0 aliphatic carbocycles. The summed E-state index contributed by atoms with van der Waals surface area (Å²) in [7, 11) is 0. The summed E-state index contributed by atoms with van der Waals surface area (Å²) >= 11 is 1.21. The maximum atomic E-state index is 12.3. The highest BCUT2D eigenvalue weighted by Gasteiger charge is 2.16. The van der Waals surface area contributed by atoms with Gasteiger partial charge in [0.25, 0.3) is 5.69 Å². The molecule has 0 radical (unpaired) electrons. The van der Waals surface area contributed by atoms with Crippen LogP contribution in [0.4, 0.5) is 11.4 Å². The first-order valence-corrected chi connectivity index (χ1v) is 10.3. The molecular formula is C21H21N5O4S. The van der Waals surface area contributed by atoms with Gasteiger partial charge in [-0.15, -0.1) is 16.8 Å². The molecule has 0 saturated carbocycles. The van der Waals surface area contributed by atoms with Crippen LogP contribution < -0.4 is 10.1 Å². The topological polar surface area (TPSA) is 112 Å². The lowest BCUT2D eigenvalue weighted by atomic mass is 10.2. The lowest BCUT2D eigenvalue weighted by Gasteiger charge is -2.09. The van der Waals surface area contributed by atoms with Crippen LogP contribution in [0.25, 0.3) is 0 Å². The zero-order chi connectivity index (χ0) is 22.2. The number of carbonyl (C=O) groups is 1. The second-order valence-corrected chi connectivity index (χ2v) is 7.44. The van der Waals surface area contributed by atoms with E-state index in [1.165, 1.54) is 17.8 Å². The molecule has 0 unspecified atom stereocenters. The van der Waals surface area contributed by atoms with Crippen LogP contribution >= 0.6 is 11.8 Å². The number of hydrogen-bond donors (Lipinski definition) is 1. The van der Waals surface area contributed by atoms with Crippen molar-refractivity contribution in [3.63, 3.8) is 0 Å². The van der Waals surface area contributed by atoms with E-state index in [4.69, 9.17) is 4.74 Å². The van der Waals surface area contributed by atoms with E-state index in [-0.39, 0.29) is 24.0 Å². The quantitative estimate of drug-likeness (QED) is 0.220. The van der Waals surface area contributed by atoms with E-state index in [1.54, 1.807) is 25.1 Å². The number of carbonyl (C=O) groups excluding carboxylic acids is 1. The maximum absolute atomic E-state index is 12.3. The van der Waals surface area contributed by atoms with Gasteiger partial charge in [-0.1, -0.05) is 42.1 Å². The van der Waals surface area contributed by atoms with Gasteiger partial charge in [0.2, 0.25) is 5.91 Å². The second kappa shape index (κ2) is 10.4. The minimum atomic E-state index is -0.476. The Labute approximate surface area is 183 Å². The van der Waals surface area contributed by atoms with Gasteiger partial charge in [-0.3, -0.25) is 19.5 Å². The molecule has 1 heterocycles. The van der Waals surface area contributed by atoms with Gasteiger partial charge in [0.05, 0.1) is 10.7 Å². The monoisotopic (exact) mass is 439 g/mol. The Morgan fingerprint density at radius 1 is 1.29 bits per heavy atom. The van der Waals surface area contributed by atoms with Crippen LogP contribution in [0.5, 0.6) is 5.75 Å². The van der Waals surface area contributed by atoms with Crippen molar-refractivity contribution in [2.24, 2.45) is 0 Å². The number of ether oxygens (including phenoxy) is 1. The molecule has 0 spiro atoms. The molecule has 160 valence electrons. The first-order valence-electron chi connectivity index (χ1n) is 9.36. The number of para-hydroxylation sites is 1. The van der Waals surface area contributed by atoms with Crippen LogP contribution in [0.1, 0.15) is 11.4 Å². The van der Waals surface area contributed by atoms with Crippen molar-refractivity contribution in [2.45, 2.75) is 25.2 Å². The Kier molecular flexibility index (Phi) is 7.39. The average Bonchev–Trinajstić information content (AvgIpc) is 3.14. The Morgan fingerprint density at radius 3 is 2.77 bits per heavy atom. The van der Waals surface area contributed by atoms with Crippen molar-refractivity contribution in [3.8, 4) is 5.75 Å². The molecule has 3 rings (SSSR count). The highest BCUT2D eigenvalue weighted by molar-refractivity contribution is 7.99. The Bertz CT molecular complexity index is 1080. The molecular weight excluding hydrogens is 418 g/mol. The number of nitrogens with zero attached hydrogens (tertiary/aromatic N) is 4. The van der Waals surface area contributed by atoms with Crippen LogP contribution in [0.15, 0.2) is 66.3 Å². The van der Waals surface area contributed by atoms with E-state index in [9.17, 15) is 14.9 Å². The van der Waals surface area contributed by atoms with E-state index < -0.39 is 4.92 Å². The summed E-state index contributed by atoms with van der Waals surface area (Å²) in [4.78, 5) is 22.9. The molecule has 0 bridgehead atoms. The van der Waals surface area contributed by atoms with E-state index in [1.807, 2.05) is 34.9 Å². The number of nitrogens with one attached hydrogen (secondary N) is 1. The van der Waals surface area contributed by atoms with Crippen molar-refractivity contribution in [1.82, 2.24) is 14.8 Å². The summed E-state index contributed by atoms with van der Waals surface area (Å²) in [5, 5.41) is 22.6.